The van der Waals surface area contributed by atoms with Gasteiger partial charge in [0.25, 0.3) is 0 Å². The van der Waals surface area contributed by atoms with E-state index in [9.17, 15) is 24.3 Å². The third-order valence-corrected chi connectivity index (χ3v) is 7.58. The van der Waals surface area contributed by atoms with Crippen molar-refractivity contribution in [3.8, 4) is 16.9 Å². The van der Waals surface area contributed by atoms with Crippen LogP contribution in [0.5, 0.6) is 5.75 Å². The quantitative estimate of drug-likeness (QED) is 0.113. The first kappa shape index (κ1) is 36.3. The number of aromatic nitrogens is 1. The van der Waals surface area contributed by atoms with Gasteiger partial charge in [0.2, 0.25) is 5.91 Å². The van der Waals surface area contributed by atoms with Crippen LogP contribution in [0.1, 0.15) is 50.8 Å². The largest absolute Gasteiger partial charge is 0.496 e. The number of aliphatic carboxylic acids is 1. The summed E-state index contributed by atoms with van der Waals surface area (Å²) in [5, 5.41) is 18.8. The number of benzene rings is 3. The van der Waals surface area contributed by atoms with Gasteiger partial charge in [0.1, 0.15) is 30.0 Å². The summed E-state index contributed by atoms with van der Waals surface area (Å²) in [5.41, 5.74) is 3.71. The summed E-state index contributed by atoms with van der Waals surface area (Å²) in [7, 11) is 1.55. The molecule has 3 amide bonds. The predicted octanol–water partition coefficient (Wildman–Crippen LogP) is 5.73. The van der Waals surface area contributed by atoms with Gasteiger partial charge in [0, 0.05) is 42.1 Å². The van der Waals surface area contributed by atoms with Crippen molar-refractivity contribution >= 4 is 35.0 Å². The molecule has 0 aliphatic rings. The van der Waals surface area contributed by atoms with Crippen molar-refractivity contribution in [2.45, 2.75) is 71.2 Å². The fourth-order valence-electron chi connectivity index (χ4n) is 5.29. The maximum atomic E-state index is 13.1. The maximum Gasteiger partial charge on any atom is 0.408 e. The van der Waals surface area contributed by atoms with Crippen LogP contribution < -0.4 is 20.7 Å². The number of ether oxygens (including phenoxy) is 3. The van der Waals surface area contributed by atoms with Crippen LogP contribution >= 0.6 is 0 Å². The van der Waals surface area contributed by atoms with Gasteiger partial charge in [-0.05, 0) is 56.0 Å². The number of carbonyl (C=O) groups excluding carboxylic acids is 3. The van der Waals surface area contributed by atoms with E-state index >= 15 is 0 Å². The van der Waals surface area contributed by atoms with E-state index in [2.05, 4.69) is 20.9 Å². The summed E-state index contributed by atoms with van der Waals surface area (Å²) in [6.45, 7) is 7.68. The number of nitrogens with one attached hydrogen (secondary N) is 4. The molecule has 260 valence electrons. The van der Waals surface area contributed by atoms with E-state index in [1.807, 2.05) is 49.4 Å². The highest BCUT2D eigenvalue weighted by molar-refractivity contribution is 5.98. The first-order valence-corrected chi connectivity index (χ1v) is 16.1. The second-order valence-corrected chi connectivity index (χ2v) is 12.6. The van der Waals surface area contributed by atoms with E-state index in [1.165, 1.54) is 0 Å². The molecule has 4 rings (SSSR count). The van der Waals surface area contributed by atoms with Crippen LogP contribution in [-0.2, 0) is 38.5 Å². The third-order valence-electron chi connectivity index (χ3n) is 7.58. The molecule has 3 aromatic carbocycles. The average Bonchev–Trinajstić information content (AvgIpc) is 3.48. The minimum Gasteiger partial charge on any atom is -0.496 e. The lowest BCUT2D eigenvalue weighted by Crippen LogP contribution is -2.49. The van der Waals surface area contributed by atoms with E-state index < -0.39 is 35.8 Å². The zero-order chi connectivity index (χ0) is 35.6. The zero-order valence-corrected chi connectivity index (χ0v) is 28.4. The summed E-state index contributed by atoms with van der Waals surface area (Å²) in [6, 6.07) is 18.0. The number of carbonyl (C=O) groups is 4. The van der Waals surface area contributed by atoms with Crippen molar-refractivity contribution in [2.24, 2.45) is 0 Å². The molecule has 0 bridgehead atoms. The Hall–Kier alpha value is -5.52. The lowest BCUT2D eigenvalue weighted by Gasteiger charge is -2.23. The molecule has 1 aromatic heterocycles. The maximum absolute atomic E-state index is 13.1. The minimum atomic E-state index is -1.24. The van der Waals surface area contributed by atoms with E-state index in [-0.39, 0.29) is 25.4 Å². The predicted molar refractivity (Wildman–Crippen MR) is 185 cm³/mol. The van der Waals surface area contributed by atoms with Crippen molar-refractivity contribution in [2.75, 3.05) is 13.7 Å². The molecule has 12 heteroatoms. The molecule has 5 N–H and O–H groups in total. The molecule has 4 aromatic rings. The van der Waals surface area contributed by atoms with Gasteiger partial charge in [-0.2, -0.15) is 0 Å². The summed E-state index contributed by atoms with van der Waals surface area (Å²) in [5.74, 6) is -0.973. The topological polar surface area (TPSA) is 168 Å². The Labute approximate surface area is 285 Å². The monoisotopic (exact) mass is 672 g/mol. The Kier molecular flexibility index (Phi) is 12.3. The number of alkyl carbamates (subject to hydrolysis) is 2. The SMILES string of the molecule is CCCNC(=O)[C@H](Cc1c[nH]c2c(-c3cc(C[C@H](NC(=O)OCc4ccccc4)C(=O)O)ccc3OC)cccc12)NC(=O)OC(C)(C)C. The molecule has 2 atom stereocenters. The lowest BCUT2D eigenvalue weighted by molar-refractivity contribution is -0.139. The number of fused-ring (bicyclic) bond motifs is 1. The third kappa shape index (κ3) is 10.2. The first-order chi connectivity index (χ1) is 23.4. The Morgan fingerprint density at radius 1 is 0.857 bits per heavy atom. The highest BCUT2D eigenvalue weighted by atomic mass is 16.6. The lowest BCUT2D eigenvalue weighted by atomic mass is 9.96. The normalized spacial score (nSPS) is 12.4. The minimum absolute atomic E-state index is 0.00899. The van der Waals surface area contributed by atoms with Crippen molar-refractivity contribution in [1.82, 2.24) is 20.9 Å². The highest BCUT2D eigenvalue weighted by Gasteiger charge is 2.26. The van der Waals surface area contributed by atoms with Crippen molar-refractivity contribution in [1.29, 1.82) is 0 Å². The molecule has 0 saturated heterocycles. The Morgan fingerprint density at radius 2 is 1.59 bits per heavy atom. The van der Waals surface area contributed by atoms with Gasteiger partial charge < -0.3 is 40.3 Å². The van der Waals surface area contributed by atoms with Gasteiger partial charge in [0.05, 0.1) is 12.6 Å². The molecule has 0 aliphatic carbocycles. The number of rotatable bonds is 14. The molecule has 0 spiro atoms. The van der Waals surface area contributed by atoms with Gasteiger partial charge in [0.15, 0.2) is 0 Å². The molecule has 0 saturated carbocycles. The van der Waals surface area contributed by atoms with E-state index in [1.54, 1.807) is 58.3 Å². The van der Waals surface area contributed by atoms with Crippen molar-refractivity contribution in [3.05, 3.63) is 89.6 Å². The molecule has 0 radical (unpaired) electrons. The summed E-state index contributed by atoms with van der Waals surface area (Å²) < 4.78 is 16.3. The summed E-state index contributed by atoms with van der Waals surface area (Å²) in [6.07, 6.45) is 1.20. The summed E-state index contributed by atoms with van der Waals surface area (Å²) in [4.78, 5) is 53.7. The van der Waals surface area contributed by atoms with Crippen LogP contribution in [0.25, 0.3) is 22.0 Å². The Balaban J connectivity index is 1.58. The summed E-state index contributed by atoms with van der Waals surface area (Å²) >= 11 is 0. The van der Waals surface area contributed by atoms with E-state index in [0.29, 0.717) is 23.4 Å². The molecule has 0 unspecified atom stereocenters. The van der Waals surface area contributed by atoms with Gasteiger partial charge >= 0.3 is 18.2 Å². The second kappa shape index (κ2) is 16.5. The van der Waals surface area contributed by atoms with Crippen LogP contribution in [0, 0.1) is 0 Å². The average molecular weight is 673 g/mol. The zero-order valence-electron chi connectivity index (χ0n) is 28.4. The fourth-order valence-corrected chi connectivity index (χ4v) is 5.29. The fraction of sp³-hybridized carbons (Fsp3) is 0.351. The van der Waals surface area contributed by atoms with Gasteiger partial charge in [-0.1, -0.05) is 61.5 Å². The number of aromatic amines is 1. The molecular weight excluding hydrogens is 628 g/mol. The van der Waals surface area contributed by atoms with Crippen LogP contribution in [0.2, 0.25) is 0 Å². The van der Waals surface area contributed by atoms with Crippen molar-refractivity contribution < 1.29 is 38.5 Å². The number of H-pyrrole nitrogens is 1. The second-order valence-electron chi connectivity index (χ2n) is 12.6. The smallest absolute Gasteiger partial charge is 0.408 e. The number of amides is 3. The van der Waals surface area contributed by atoms with Gasteiger partial charge in [-0.25, -0.2) is 14.4 Å². The number of carboxylic acid groups (broad SMARTS) is 1. The standard InChI is InChI=1S/C37H44N4O8/c1-6-17-38-33(42)29(40-36(46)49-37(2,3)4)20-25-21-39-32-26(25)13-10-14-27(32)28-18-24(15-16-31(28)47-5)19-30(34(43)44)41-35(45)48-22-23-11-8-7-9-12-23/h7-16,18,21,29-30,39H,6,17,19-20,22H2,1-5H3,(H,38,42)(H,40,46)(H,41,45)(H,43,44)/t29-,30-/m0/s1. The number of carboxylic acids is 1. The number of hydrogen-bond acceptors (Lipinski definition) is 7. The molecule has 49 heavy (non-hydrogen) atoms. The first-order valence-electron chi connectivity index (χ1n) is 16.1. The Morgan fingerprint density at radius 3 is 2.27 bits per heavy atom. The molecular formula is C37H44N4O8. The van der Waals surface area contributed by atoms with E-state index in [4.69, 9.17) is 14.2 Å². The van der Waals surface area contributed by atoms with Gasteiger partial charge in [-0.3, -0.25) is 4.79 Å². The van der Waals surface area contributed by atoms with Crippen LogP contribution in [-0.4, -0.2) is 65.5 Å². The van der Waals surface area contributed by atoms with E-state index in [0.717, 1.165) is 34.0 Å². The number of para-hydroxylation sites is 1. The van der Waals surface area contributed by atoms with Crippen LogP contribution in [0.4, 0.5) is 9.59 Å². The molecule has 0 aliphatic heterocycles. The molecule has 1 heterocycles. The Bertz CT molecular complexity index is 1760. The molecule has 12 nitrogen and oxygen atoms in total. The highest BCUT2D eigenvalue weighted by Crippen LogP contribution is 2.36. The number of hydrogen-bond donors (Lipinski definition) is 5. The molecule has 0 fully saturated rings. The van der Waals surface area contributed by atoms with Crippen LogP contribution in [0.3, 0.4) is 0 Å². The van der Waals surface area contributed by atoms with Crippen LogP contribution in [0.15, 0.2) is 72.9 Å². The van der Waals surface area contributed by atoms with Gasteiger partial charge in [-0.15, -0.1) is 0 Å². The number of methoxy groups -OCH3 is 1. The van der Waals surface area contributed by atoms with Crippen molar-refractivity contribution in [3.63, 3.8) is 0 Å².